The van der Waals surface area contributed by atoms with Gasteiger partial charge in [0.2, 0.25) is 0 Å². The predicted molar refractivity (Wildman–Crippen MR) is 104 cm³/mol. The van der Waals surface area contributed by atoms with Gasteiger partial charge < -0.3 is 15.0 Å². The highest BCUT2D eigenvalue weighted by molar-refractivity contribution is 6.04. The van der Waals surface area contributed by atoms with Gasteiger partial charge in [0.1, 0.15) is 6.61 Å². The Hall–Kier alpha value is -2.44. The van der Waals surface area contributed by atoms with E-state index in [0.717, 1.165) is 19.6 Å². The van der Waals surface area contributed by atoms with Gasteiger partial charge in [0.25, 0.3) is 5.91 Å². The highest BCUT2D eigenvalue weighted by Crippen LogP contribution is 2.12. The number of hydrogen-bond acceptors (Lipinski definition) is 5. The lowest BCUT2D eigenvalue weighted by Gasteiger charge is -2.17. The normalized spacial score (nSPS) is 10.1. The second-order valence-corrected chi connectivity index (χ2v) is 5.44. The molecule has 0 unspecified atom stereocenters. The van der Waals surface area contributed by atoms with Crippen LogP contribution in [0.3, 0.4) is 0 Å². The van der Waals surface area contributed by atoms with Crippen LogP contribution >= 0.6 is 12.4 Å². The molecule has 0 saturated carbocycles. The predicted octanol–water partition coefficient (Wildman–Crippen LogP) is 3.25. The molecule has 0 atom stereocenters. The Balaban J connectivity index is 0.00000338. The average molecular weight is 378 g/mol. The molecule has 0 aliphatic carbocycles. The minimum absolute atomic E-state index is 0. The Kier molecular flexibility index (Phi) is 9.33. The van der Waals surface area contributed by atoms with Crippen LogP contribution in [-0.2, 0) is 4.74 Å². The molecule has 6 nitrogen and oxygen atoms in total. The SMILES string of the molecule is CCN(CC)CCOC(=O)c1ccc(NC(=O)c2cccnc2)cc1.Cl. The van der Waals surface area contributed by atoms with Crippen molar-refractivity contribution in [2.45, 2.75) is 13.8 Å². The van der Waals surface area contributed by atoms with Gasteiger partial charge in [-0.05, 0) is 49.5 Å². The lowest BCUT2D eigenvalue weighted by atomic mass is 10.2. The van der Waals surface area contributed by atoms with E-state index in [1.807, 2.05) is 0 Å². The number of anilines is 1. The molecule has 7 heteroatoms. The molecule has 2 aromatic rings. The molecule has 1 amide bonds. The van der Waals surface area contributed by atoms with Gasteiger partial charge >= 0.3 is 5.97 Å². The van der Waals surface area contributed by atoms with Crippen molar-refractivity contribution >= 4 is 30.0 Å². The second-order valence-electron chi connectivity index (χ2n) is 5.44. The quantitative estimate of drug-likeness (QED) is 0.715. The van der Waals surface area contributed by atoms with Gasteiger partial charge in [0.05, 0.1) is 11.1 Å². The molecule has 1 aromatic carbocycles. The van der Waals surface area contributed by atoms with Crippen molar-refractivity contribution in [3.05, 3.63) is 59.9 Å². The largest absolute Gasteiger partial charge is 0.461 e. The molecule has 0 aliphatic rings. The number of benzene rings is 1. The number of nitrogens with one attached hydrogen (secondary N) is 1. The van der Waals surface area contributed by atoms with Gasteiger partial charge in [-0.25, -0.2) is 4.79 Å². The summed E-state index contributed by atoms with van der Waals surface area (Å²) < 4.78 is 5.28. The standard InChI is InChI=1S/C19H23N3O3.ClH/c1-3-22(4-2)12-13-25-19(24)15-7-9-17(10-8-15)21-18(23)16-6-5-11-20-14-16;/h5-11,14H,3-4,12-13H2,1-2H3,(H,21,23);1H. The van der Waals surface area contributed by atoms with Crippen molar-refractivity contribution in [1.82, 2.24) is 9.88 Å². The van der Waals surface area contributed by atoms with Gasteiger partial charge in [-0.3, -0.25) is 9.78 Å². The van der Waals surface area contributed by atoms with E-state index in [-0.39, 0.29) is 24.3 Å². The first-order valence-corrected chi connectivity index (χ1v) is 8.35. The molecule has 26 heavy (non-hydrogen) atoms. The third-order valence-corrected chi connectivity index (χ3v) is 3.84. The van der Waals surface area contributed by atoms with Crippen LogP contribution in [0.2, 0.25) is 0 Å². The van der Waals surface area contributed by atoms with Crippen molar-refractivity contribution in [3.8, 4) is 0 Å². The zero-order valence-corrected chi connectivity index (χ0v) is 15.8. The van der Waals surface area contributed by atoms with E-state index < -0.39 is 0 Å². The Labute approximate surface area is 160 Å². The van der Waals surface area contributed by atoms with Crippen LogP contribution in [0.25, 0.3) is 0 Å². The van der Waals surface area contributed by atoms with E-state index in [1.54, 1.807) is 42.6 Å². The first-order valence-electron chi connectivity index (χ1n) is 8.35. The number of likely N-dealkylation sites (N-methyl/N-ethyl adjacent to an activating group) is 1. The fraction of sp³-hybridized carbons (Fsp3) is 0.316. The van der Waals surface area contributed by atoms with E-state index in [1.165, 1.54) is 6.20 Å². The third kappa shape index (κ3) is 6.46. The van der Waals surface area contributed by atoms with Gasteiger partial charge in [-0.2, -0.15) is 0 Å². The van der Waals surface area contributed by atoms with E-state index in [4.69, 9.17) is 4.74 Å². The van der Waals surface area contributed by atoms with Gasteiger partial charge in [-0.1, -0.05) is 13.8 Å². The number of amides is 1. The summed E-state index contributed by atoms with van der Waals surface area (Å²) in [6.45, 7) is 7.09. The maximum absolute atomic E-state index is 12.0. The topological polar surface area (TPSA) is 71.5 Å². The molecule has 0 radical (unpaired) electrons. The van der Waals surface area contributed by atoms with E-state index in [0.29, 0.717) is 23.4 Å². The number of carbonyl (C=O) groups is 2. The van der Waals surface area contributed by atoms with Crippen LogP contribution in [0.15, 0.2) is 48.8 Å². The molecular weight excluding hydrogens is 354 g/mol. The molecule has 1 N–H and O–H groups in total. The van der Waals surface area contributed by atoms with Crippen LogP contribution in [0.5, 0.6) is 0 Å². The number of nitrogens with zero attached hydrogens (tertiary/aromatic N) is 2. The maximum Gasteiger partial charge on any atom is 0.338 e. The van der Waals surface area contributed by atoms with Crippen molar-refractivity contribution in [1.29, 1.82) is 0 Å². The third-order valence-electron chi connectivity index (χ3n) is 3.84. The average Bonchev–Trinajstić information content (AvgIpc) is 2.66. The lowest BCUT2D eigenvalue weighted by Crippen LogP contribution is -2.27. The maximum atomic E-state index is 12.0. The molecule has 2 rings (SSSR count). The van der Waals surface area contributed by atoms with Crippen molar-refractivity contribution in [2.75, 3.05) is 31.6 Å². The number of halogens is 1. The minimum Gasteiger partial charge on any atom is -0.461 e. The van der Waals surface area contributed by atoms with Crippen LogP contribution < -0.4 is 5.32 Å². The number of rotatable bonds is 8. The summed E-state index contributed by atoms with van der Waals surface area (Å²) in [5.41, 5.74) is 1.54. The van der Waals surface area contributed by atoms with E-state index in [9.17, 15) is 9.59 Å². The molecule has 0 fully saturated rings. The summed E-state index contributed by atoms with van der Waals surface area (Å²) in [7, 11) is 0. The molecule has 1 aromatic heterocycles. The number of hydrogen-bond donors (Lipinski definition) is 1. The van der Waals surface area contributed by atoms with Gasteiger partial charge in [-0.15, -0.1) is 12.4 Å². The van der Waals surface area contributed by atoms with E-state index >= 15 is 0 Å². The van der Waals surface area contributed by atoms with E-state index in [2.05, 4.69) is 29.0 Å². The summed E-state index contributed by atoms with van der Waals surface area (Å²) >= 11 is 0. The smallest absolute Gasteiger partial charge is 0.338 e. The van der Waals surface area contributed by atoms with Crippen LogP contribution in [0, 0.1) is 0 Å². The Morgan fingerprint density at radius 1 is 1.08 bits per heavy atom. The lowest BCUT2D eigenvalue weighted by molar-refractivity contribution is 0.0466. The number of ether oxygens (including phenoxy) is 1. The summed E-state index contributed by atoms with van der Waals surface area (Å²) in [5.74, 6) is -0.611. The molecule has 0 spiro atoms. The summed E-state index contributed by atoms with van der Waals surface area (Å²) in [4.78, 5) is 30.2. The first-order chi connectivity index (χ1) is 12.1. The molecular formula is C19H24ClN3O3. The Morgan fingerprint density at radius 3 is 2.35 bits per heavy atom. The zero-order valence-electron chi connectivity index (χ0n) is 15.0. The first kappa shape index (κ1) is 21.6. The number of aromatic nitrogens is 1. The second kappa shape index (κ2) is 11.2. The fourth-order valence-corrected chi connectivity index (χ4v) is 2.28. The monoisotopic (exact) mass is 377 g/mol. The molecule has 140 valence electrons. The highest BCUT2D eigenvalue weighted by Gasteiger charge is 2.10. The summed E-state index contributed by atoms with van der Waals surface area (Å²) in [5, 5.41) is 2.76. The highest BCUT2D eigenvalue weighted by atomic mass is 35.5. The minimum atomic E-state index is -0.364. The molecule has 1 heterocycles. The summed E-state index contributed by atoms with van der Waals surface area (Å²) in [6, 6.07) is 10.0. The van der Waals surface area contributed by atoms with Crippen LogP contribution in [-0.4, -0.2) is 48.0 Å². The van der Waals surface area contributed by atoms with Crippen LogP contribution in [0.4, 0.5) is 5.69 Å². The van der Waals surface area contributed by atoms with Gasteiger partial charge in [0.15, 0.2) is 0 Å². The molecule has 0 bridgehead atoms. The molecule has 0 saturated heterocycles. The summed E-state index contributed by atoms with van der Waals surface area (Å²) in [6.07, 6.45) is 3.11. The van der Waals surface area contributed by atoms with Crippen molar-refractivity contribution in [3.63, 3.8) is 0 Å². The number of esters is 1. The Morgan fingerprint density at radius 2 is 1.77 bits per heavy atom. The fourth-order valence-electron chi connectivity index (χ4n) is 2.28. The zero-order chi connectivity index (χ0) is 18.1. The Bertz CT molecular complexity index is 689. The van der Waals surface area contributed by atoms with Crippen LogP contribution in [0.1, 0.15) is 34.6 Å². The molecule has 0 aliphatic heterocycles. The van der Waals surface area contributed by atoms with Crippen molar-refractivity contribution in [2.24, 2.45) is 0 Å². The van der Waals surface area contributed by atoms with Gasteiger partial charge in [0, 0.05) is 24.6 Å². The number of pyridine rings is 1. The van der Waals surface area contributed by atoms with Crippen molar-refractivity contribution < 1.29 is 14.3 Å². The number of carbonyl (C=O) groups excluding carboxylic acids is 2.